The fourth-order valence-corrected chi connectivity index (χ4v) is 4.10. The van der Waals surface area contributed by atoms with Crippen LogP contribution in [-0.4, -0.2) is 33.0 Å². The van der Waals surface area contributed by atoms with Gasteiger partial charge in [-0.2, -0.15) is 0 Å². The van der Waals surface area contributed by atoms with E-state index in [1.165, 1.54) is 12.3 Å². The van der Waals surface area contributed by atoms with E-state index < -0.39 is 15.6 Å². The highest BCUT2D eigenvalue weighted by Gasteiger charge is 2.52. The van der Waals surface area contributed by atoms with Gasteiger partial charge < -0.3 is 18.6 Å². The Morgan fingerprint density at radius 2 is 1.92 bits per heavy atom. The van der Waals surface area contributed by atoms with Crippen LogP contribution in [0.2, 0.25) is 0 Å². The van der Waals surface area contributed by atoms with E-state index in [1.54, 1.807) is 30.3 Å². The molecule has 0 spiro atoms. The molecule has 6 nitrogen and oxygen atoms in total. The zero-order chi connectivity index (χ0) is 16.9. The van der Waals surface area contributed by atoms with Crippen LogP contribution in [0.25, 0.3) is 0 Å². The quantitative estimate of drug-likeness (QED) is 0.789. The molecule has 2 aliphatic heterocycles. The third-order valence-corrected chi connectivity index (χ3v) is 5.80. The number of hydrogen-bond donors (Lipinski definition) is 0. The average Bonchev–Trinajstić information content (AvgIpc) is 3.02. The molecule has 0 radical (unpaired) electrons. The minimum absolute atomic E-state index is 0.0816. The minimum atomic E-state index is -3.66. The van der Waals surface area contributed by atoms with Gasteiger partial charge in [0.2, 0.25) is 14.9 Å². The van der Waals surface area contributed by atoms with Crippen LogP contribution in [0, 0.1) is 0 Å². The Hall–Kier alpha value is -1.67. The lowest BCUT2D eigenvalue weighted by Crippen LogP contribution is -2.24. The third-order valence-electron chi connectivity index (χ3n) is 4.16. The Morgan fingerprint density at radius 3 is 2.58 bits per heavy atom. The maximum Gasteiger partial charge on any atom is 0.239 e. The van der Waals surface area contributed by atoms with Crippen LogP contribution in [0.15, 0.2) is 57.1 Å². The Morgan fingerprint density at radius 1 is 1.17 bits per heavy atom. The van der Waals surface area contributed by atoms with Gasteiger partial charge in [-0.15, -0.1) is 0 Å². The van der Waals surface area contributed by atoms with Gasteiger partial charge in [-0.05, 0) is 26.0 Å². The van der Waals surface area contributed by atoms with Crippen LogP contribution in [0.4, 0.5) is 0 Å². The number of epoxide rings is 1. The summed E-state index contributed by atoms with van der Waals surface area (Å²) in [5.74, 6) is -0.612. The van der Waals surface area contributed by atoms with E-state index in [2.05, 4.69) is 0 Å². The highest BCUT2D eigenvalue weighted by molar-refractivity contribution is 7.91. The first-order chi connectivity index (χ1) is 11.4. The number of furan rings is 1. The normalized spacial score (nSPS) is 28.8. The second kappa shape index (κ2) is 5.42. The molecule has 2 fully saturated rings. The number of benzene rings is 1. The number of hydrogen-bond acceptors (Lipinski definition) is 6. The molecule has 7 heteroatoms. The molecule has 0 bridgehead atoms. The van der Waals surface area contributed by atoms with Crippen LogP contribution in [0.5, 0.6) is 0 Å². The molecule has 2 aromatic rings. The van der Waals surface area contributed by atoms with Gasteiger partial charge in [-0.1, -0.05) is 18.2 Å². The fraction of sp³-hybridized carbons (Fsp3) is 0.412. The molecule has 3 atom stereocenters. The molecule has 2 aliphatic rings. The topological polar surface area (TPSA) is 78.3 Å². The predicted molar refractivity (Wildman–Crippen MR) is 83.1 cm³/mol. The van der Waals surface area contributed by atoms with Crippen molar-refractivity contribution in [1.82, 2.24) is 0 Å². The van der Waals surface area contributed by atoms with Gasteiger partial charge in [0, 0.05) is 11.6 Å². The van der Waals surface area contributed by atoms with Gasteiger partial charge in [0.15, 0.2) is 5.79 Å². The molecule has 2 saturated heterocycles. The summed E-state index contributed by atoms with van der Waals surface area (Å²) in [5, 5.41) is -0.0816. The Kier molecular flexibility index (Phi) is 3.58. The lowest BCUT2D eigenvalue weighted by molar-refractivity contribution is -0.140. The largest absolute Gasteiger partial charge is 0.452 e. The summed E-state index contributed by atoms with van der Waals surface area (Å²) >= 11 is 0. The molecule has 3 heterocycles. The van der Waals surface area contributed by atoms with Gasteiger partial charge >= 0.3 is 0 Å². The van der Waals surface area contributed by atoms with Crippen LogP contribution in [0.1, 0.15) is 25.5 Å². The molecule has 1 aromatic carbocycles. The van der Waals surface area contributed by atoms with E-state index in [4.69, 9.17) is 18.6 Å². The van der Waals surface area contributed by atoms with Crippen molar-refractivity contribution in [2.75, 3.05) is 6.61 Å². The Bertz CT molecular complexity index is 839. The lowest BCUT2D eigenvalue weighted by atomic mass is 10.1. The minimum Gasteiger partial charge on any atom is -0.452 e. The van der Waals surface area contributed by atoms with Crippen molar-refractivity contribution in [3.8, 4) is 0 Å². The smallest absolute Gasteiger partial charge is 0.239 e. The first-order valence-electron chi connectivity index (χ1n) is 7.73. The molecule has 4 rings (SSSR count). The number of ether oxygens (including phenoxy) is 3. The Labute approximate surface area is 140 Å². The fourth-order valence-electron chi connectivity index (χ4n) is 2.89. The van der Waals surface area contributed by atoms with E-state index in [0.717, 1.165) is 0 Å². The molecule has 0 unspecified atom stereocenters. The van der Waals surface area contributed by atoms with Gasteiger partial charge in [0.25, 0.3) is 0 Å². The highest BCUT2D eigenvalue weighted by atomic mass is 32.2. The molecule has 0 saturated carbocycles. The highest BCUT2D eigenvalue weighted by Crippen LogP contribution is 2.45. The van der Waals surface area contributed by atoms with Crippen LogP contribution in [0.3, 0.4) is 0 Å². The predicted octanol–water partition coefficient (Wildman–Crippen LogP) is 2.70. The summed E-state index contributed by atoms with van der Waals surface area (Å²) in [6.07, 6.45) is 0.906. The summed E-state index contributed by atoms with van der Waals surface area (Å²) in [6, 6.07) is 9.72. The van der Waals surface area contributed by atoms with Crippen molar-refractivity contribution >= 4 is 9.84 Å². The summed E-state index contributed by atoms with van der Waals surface area (Å²) < 4.78 is 47.3. The van der Waals surface area contributed by atoms with E-state index >= 15 is 0 Å². The maximum atomic E-state index is 12.5. The standard InChI is InChI=1S/C17H18O6S/c1-17(2)21-10-13(23-17)16-15(22-16)11-8-14(20-9-11)24(18,19)12-6-4-3-5-7-12/h3-9,13,15-16H,10H2,1-2H3/t13-,15+,16-/m1/s1. The van der Waals surface area contributed by atoms with E-state index in [-0.39, 0.29) is 28.3 Å². The summed E-state index contributed by atoms with van der Waals surface area (Å²) in [4.78, 5) is 0.202. The van der Waals surface area contributed by atoms with E-state index in [1.807, 2.05) is 13.8 Å². The average molecular weight is 350 g/mol. The molecule has 0 aliphatic carbocycles. The molecular formula is C17H18O6S. The number of rotatable bonds is 4. The molecular weight excluding hydrogens is 332 g/mol. The summed E-state index contributed by atoms with van der Waals surface area (Å²) in [6.45, 7) is 4.17. The zero-order valence-electron chi connectivity index (χ0n) is 13.3. The zero-order valence-corrected chi connectivity index (χ0v) is 14.2. The second-order valence-electron chi connectivity index (χ2n) is 6.40. The van der Waals surface area contributed by atoms with Gasteiger partial charge in [-0.3, -0.25) is 0 Å². The first kappa shape index (κ1) is 15.8. The molecule has 0 N–H and O–H groups in total. The number of sulfone groups is 1. The van der Waals surface area contributed by atoms with Crippen LogP contribution < -0.4 is 0 Å². The summed E-state index contributed by atoms with van der Waals surface area (Å²) in [5.41, 5.74) is 0.697. The van der Waals surface area contributed by atoms with E-state index in [0.29, 0.717) is 12.2 Å². The summed E-state index contributed by atoms with van der Waals surface area (Å²) in [7, 11) is -3.66. The SMILES string of the molecule is CC1(C)OC[C@H]([C@H]2O[C@H]2c2coc(S(=O)(=O)c3ccccc3)c2)O1. The monoisotopic (exact) mass is 350 g/mol. The Balaban J connectivity index is 1.51. The third kappa shape index (κ3) is 2.77. The second-order valence-corrected chi connectivity index (χ2v) is 8.28. The van der Waals surface area contributed by atoms with E-state index in [9.17, 15) is 8.42 Å². The van der Waals surface area contributed by atoms with Crippen molar-refractivity contribution in [3.63, 3.8) is 0 Å². The van der Waals surface area contributed by atoms with Gasteiger partial charge in [0.1, 0.15) is 18.3 Å². The molecule has 24 heavy (non-hydrogen) atoms. The van der Waals surface area contributed by atoms with Gasteiger partial charge in [0.05, 0.1) is 17.8 Å². The van der Waals surface area contributed by atoms with Crippen LogP contribution in [-0.2, 0) is 24.0 Å². The molecule has 0 amide bonds. The molecule has 1 aromatic heterocycles. The van der Waals surface area contributed by atoms with Gasteiger partial charge in [-0.25, -0.2) is 8.42 Å². The maximum absolute atomic E-state index is 12.5. The van der Waals surface area contributed by atoms with Crippen molar-refractivity contribution in [2.45, 2.75) is 47.9 Å². The lowest BCUT2D eigenvalue weighted by Gasteiger charge is -2.16. The van der Waals surface area contributed by atoms with Crippen molar-refractivity contribution < 1.29 is 27.0 Å². The molecule has 128 valence electrons. The first-order valence-corrected chi connectivity index (χ1v) is 9.21. The van der Waals surface area contributed by atoms with Crippen molar-refractivity contribution in [1.29, 1.82) is 0 Å². The van der Waals surface area contributed by atoms with Crippen LogP contribution >= 0.6 is 0 Å². The van der Waals surface area contributed by atoms with Crippen molar-refractivity contribution in [2.24, 2.45) is 0 Å². The van der Waals surface area contributed by atoms with Crippen molar-refractivity contribution in [3.05, 3.63) is 48.2 Å².